The summed E-state index contributed by atoms with van der Waals surface area (Å²) in [6.07, 6.45) is 1.70. The monoisotopic (exact) mass is 260 g/mol. The predicted molar refractivity (Wildman–Crippen MR) is 70.7 cm³/mol. The summed E-state index contributed by atoms with van der Waals surface area (Å²) in [7, 11) is 0. The molecule has 19 heavy (non-hydrogen) atoms. The van der Waals surface area contributed by atoms with Gasteiger partial charge in [0, 0.05) is 19.6 Å². The van der Waals surface area contributed by atoms with Gasteiger partial charge in [-0.1, -0.05) is 12.1 Å². The number of fused-ring (bicyclic) bond motifs is 1. The summed E-state index contributed by atoms with van der Waals surface area (Å²) in [5.41, 5.74) is 2.19. The molecule has 0 aliphatic carbocycles. The maximum absolute atomic E-state index is 11.9. The lowest BCUT2D eigenvalue weighted by Gasteiger charge is -2.15. The second kappa shape index (κ2) is 5.67. The Kier molecular flexibility index (Phi) is 3.97. The first-order chi connectivity index (χ1) is 9.11. The molecule has 1 aliphatic rings. The third kappa shape index (κ3) is 3.00. The summed E-state index contributed by atoms with van der Waals surface area (Å²) in [6.45, 7) is 5.46. The summed E-state index contributed by atoms with van der Waals surface area (Å²) in [5.74, 6) is -0.935. The van der Waals surface area contributed by atoms with E-state index < -0.39 is 5.97 Å². The molecule has 0 radical (unpaired) electrons. The lowest BCUT2D eigenvalue weighted by atomic mass is 10.1. The van der Waals surface area contributed by atoms with Gasteiger partial charge in [0.1, 0.15) is 0 Å². The first kappa shape index (κ1) is 13.3. The number of nitrogens with zero attached hydrogens (tertiary/aromatic N) is 1. The van der Waals surface area contributed by atoms with Crippen LogP contribution >= 0.6 is 0 Å². The molecule has 1 aromatic carbocycles. The Balaban J connectivity index is 2.01. The van der Waals surface area contributed by atoms with Crippen molar-refractivity contribution in [2.45, 2.75) is 13.1 Å². The fourth-order valence-corrected chi connectivity index (χ4v) is 2.10. The molecule has 2 N–H and O–H groups in total. The number of carboxylic acids is 1. The van der Waals surface area contributed by atoms with E-state index in [9.17, 15) is 9.59 Å². The van der Waals surface area contributed by atoms with E-state index in [4.69, 9.17) is 5.11 Å². The van der Waals surface area contributed by atoms with Gasteiger partial charge < -0.3 is 15.3 Å². The third-order valence-electron chi connectivity index (χ3n) is 3.09. The third-order valence-corrected chi connectivity index (χ3v) is 3.09. The Morgan fingerprint density at radius 3 is 2.79 bits per heavy atom. The number of nitrogens with one attached hydrogen (secondary N) is 1. The zero-order chi connectivity index (χ0) is 13.8. The van der Waals surface area contributed by atoms with Crippen LogP contribution in [0.15, 0.2) is 30.9 Å². The smallest absolute Gasteiger partial charge is 0.335 e. The minimum Gasteiger partial charge on any atom is -0.478 e. The van der Waals surface area contributed by atoms with E-state index in [1.165, 1.54) is 0 Å². The number of benzene rings is 1. The number of carbonyl (C=O) groups excluding carboxylic acids is 1. The average molecular weight is 260 g/mol. The largest absolute Gasteiger partial charge is 0.478 e. The van der Waals surface area contributed by atoms with Gasteiger partial charge in [-0.3, -0.25) is 4.79 Å². The molecule has 0 fully saturated rings. The number of rotatable bonds is 5. The van der Waals surface area contributed by atoms with Gasteiger partial charge in [0.25, 0.3) is 0 Å². The molecule has 5 nitrogen and oxygen atoms in total. The molecule has 5 heteroatoms. The minimum absolute atomic E-state index is 0.00919. The van der Waals surface area contributed by atoms with Crippen LogP contribution < -0.4 is 5.32 Å². The zero-order valence-electron chi connectivity index (χ0n) is 10.6. The molecule has 0 atom stereocenters. The van der Waals surface area contributed by atoms with Crippen LogP contribution in [0, 0.1) is 0 Å². The van der Waals surface area contributed by atoms with Crippen molar-refractivity contribution >= 4 is 11.9 Å². The van der Waals surface area contributed by atoms with Gasteiger partial charge in [-0.05, 0) is 23.3 Å². The highest BCUT2D eigenvalue weighted by molar-refractivity contribution is 5.88. The highest BCUT2D eigenvalue weighted by Gasteiger charge is 2.23. The number of carboxylic acid groups (broad SMARTS) is 1. The topological polar surface area (TPSA) is 69.6 Å². The van der Waals surface area contributed by atoms with Crippen LogP contribution in [0.3, 0.4) is 0 Å². The Hall–Kier alpha value is -2.14. The molecule has 1 heterocycles. The minimum atomic E-state index is -0.944. The highest BCUT2D eigenvalue weighted by atomic mass is 16.4. The lowest BCUT2D eigenvalue weighted by Crippen LogP contribution is -2.34. The van der Waals surface area contributed by atoms with Crippen LogP contribution in [0.25, 0.3) is 0 Å². The fraction of sp³-hybridized carbons (Fsp3) is 0.286. The van der Waals surface area contributed by atoms with Gasteiger partial charge in [-0.2, -0.15) is 0 Å². The Labute approximate surface area is 111 Å². The standard InChI is InChI=1S/C14H16N2O3/c1-2-5-15-7-13(17)16-8-11-4-3-10(14(18)19)6-12(11)9-16/h2-4,6,15H,1,5,7-9H2,(H,18,19). The van der Waals surface area contributed by atoms with Crippen LogP contribution in [-0.2, 0) is 17.9 Å². The summed E-state index contributed by atoms with van der Waals surface area (Å²) < 4.78 is 0. The van der Waals surface area contributed by atoms with Crippen molar-refractivity contribution in [1.29, 1.82) is 0 Å². The van der Waals surface area contributed by atoms with Crippen molar-refractivity contribution in [2.75, 3.05) is 13.1 Å². The maximum atomic E-state index is 11.9. The lowest BCUT2D eigenvalue weighted by molar-refractivity contribution is -0.130. The van der Waals surface area contributed by atoms with Crippen molar-refractivity contribution in [2.24, 2.45) is 0 Å². The normalized spacial score (nSPS) is 13.2. The summed E-state index contributed by atoms with van der Waals surface area (Å²) in [6, 6.07) is 5.00. The van der Waals surface area contributed by atoms with Crippen LogP contribution in [-0.4, -0.2) is 35.0 Å². The van der Waals surface area contributed by atoms with Gasteiger partial charge in [0.15, 0.2) is 0 Å². The molecule has 2 rings (SSSR count). The zero-order valence-corrected chi connectivity index (χ0v) is 10.6. The van der Waals surface area contributed by atoms with Crippen LogP contribution in [0.4, 0.5) is 0 Å². The van der Waals surface area contributed by atoms with E-state index >= 15 is 0 Å². The van der Waals surface area contributed by atoms with E-state index in [1.807, 2.05) is 0 Å². The Morgan fingerprint density at radius 2 is 2.11 bits per heavy atom. The van der Waals surface area contributed by atoms with Crippen molar-refractivity contribution in [3.63, 3.8) is 0 Å². The molecule has 1 aliphatic heterocycles. The molecular formula is C14H16N2O3. The van der Waals surface area contributed by atoms with Gasteiger partial charge in [0.2, 0.25) is 5.91 Å². The second-order valence-electron chi connectivity index (χ2n) is 4.46. The Morgan fingerprint density at radius 1 is 1.37 bits per heavy atom. The maximum Gasteiger partial charge on any atom is 0.335 e. The molecule has 0 aromatic heterocycles. The highest BCUT2D eigenvalue weighted by Crippen LogP contribution is 2.23. The van der Waals surface area contributed by atoms with Gasteiger partial charge in [-0.25, -0.2) is 4.79 Å². The number of aromatic carboxylic acids is 1. The van der Waals surface area contributed by atoms with Gasteiger partial charge in [-0.15, -0.1) is 6.58 Å². The Bertz CT molecular complexity index is 525. The average Bonchev–Trinajstić information content (AvgIpc) is 2.81. The van der Waals surface area contributed by atoms with Crippen LogP contribution in [0.1, 0.15) is 21.5 Å². The first-order valence-corrected chi connectivity index (χ1v) is 6.06. The van der Waals surface area contributed by atoms with Crippen LogP contribution in [0.2, 0.25) is 0 Å². The summed E-state index contributed by atoms with van der Waals surface area (Å²) in [4.78, 5) is 24.5. The molecule has 0 bridgehead atoms. The van der Waals surface area contributed by atoms with E-state index in [2.05, 4.69) is 11.9 Å². The molecule has 0 unspecified atom stereocenters. The molecular weight excluding hydrogens is 244 g/mol. The van der Waals surface area contributed by atoms with Gasteiger partial charge in [0.05, 0.1) is 12.1 Å². The van der Waals surface area contributed by atoms with Crippen LogP contribution in [0.5, 0.6) is 0 Å². The van der Waals surface area contributed by atoms with Gasteiger partial charge >= 0.3 is 5.97 Å². The van der Waals surface area contributed by atoms with E-state index in [0.29, 0.717) is 19.6 Å². The SMILES string of the molecule is C=CCNCC(=O)N1Cc2ccc(C(=O)O)cc2C1. The molecule has 1 amide bonds. The van der Waals surface area contributed by atoms with Crippen molar-refractivity contribution in [1.82, 2.24) is 10.2 Å². The summed E-state index contributed by atoms with van der Waals surface area (Å²) in [5, 5.41) is 11.9. The number of amides is 1. The predicted octanol–water partition coefficient (Wildman–Crippen LogP) is 1.00. The van der Waals surface area contributed by atoms with Crippen molar-refractivity contribution < 1.29 is 14.7 Å². The molecule has 0 saturated carbocycles. The van der Waals surface area contributed by atoms with E-state index in [1.54, 1.807) is 29.2 Å². The number of hydrogen-bond donors (Lipinski definition) is 2. The molecule has 0 saturated heterocycles. The molecule has 0 spiro atoms. The van der Waals surface area contributed by atoms with Crippen molar-refractivity contribution in [3.8, 4) is 0 Å². The number of carbonyl (C=O) groups is 2. The summed E-state index contributed by atoms with van der Waals surface area (Å²) >= 11 is 0. The quantitative estimate of drug-likeness (QED) is 0.612. The molecule has 100 valence electrons. The first-order valence-electron chi connectivity index (χ1n) is 6.06. The fourth-order valence-electron chi connectivity index (χ4n) is 2.10. The van der Waals surface area contributed by atoms with Crippen molar-refractivity contribution in [3.05, 3.63) is 47.5 Å². The molecule has 1 aromatic rings. The van der Waals surface area contributed by atoms with E-state index in [0.717, 1.165) is 11.1 Å². The number of hydrogen-bond acceptors (Lipinski definition) is 3. The van der Waals surface area contributed by atoms with E-state index in [-0.39, 0.29) is 18.0 Å². The second-order valence-corrected chi connectivity index (χ2v) is 4.46.